The summed E-state index contributed by atoms with van der Waals surface area (Å²) in [5, 5.41) is 2.97. The van der Waals surface area contributed by atoms with Gasteiger partial charge >= 0.3 is 0 Å². The van der Waals surface area contributed by atoms with Gasteiger partial charge in [-0.1, -0.05) is 20.8 Å². The largest absolute Gasteiger partial charge is 0.350 e. The molecule has 1 unspecified atom stereocenters. The lowest BCUT2D eigenvalue weighted by Gasteiger charge is -2.37. The minimum atomic E-state index is -0.395. The van der Waals surface area contributed by atoms with Crippen molar-refractivity contribution in [2.75, 3.05) is 19.6 Å². The molecule has 2 amide bonds. The normalized spacial score (nSPS) is 19.7. The smallest absolute Gasteiger partial charge is 0.227 e. The number of halogens is 1. The molecule has 1 atom stereocenters. The molecule has 1 fully saturated rings. The molecule has 1 aliphatic rings. The van der Waals surface area contributed by atoms with E-state index >= 15 is 0 Å². The maximum absolute atomic E-state index is 12.3. The molecule has 0 bridgehead atoms. The van der Waals surface area contributed by atoms with Gasteiger partial charge in [0.05, 0.1) is 5.92 Å². The number of nitrogens with one attached hydrogen (secondary N) is 1. The first kappa shape index (κ1) is 20.2. The molecule has 1 aliphatic heterocycles. The van der Waals surface area contributed by atoms with Gasteiger partial charge in [-0.25, -0.2) is 0 Å². The standard InChI is InChI=1S/C15H29N3O2.ClH/c1-14(2,3)13(20)18-8-6-7-11(9-18)12(19)17-15(4,5)10-16;/h11H,6-10,16H2,1-5H3,(H,17,19);1H. The van der Waals surface area contributed by atoms with E-state index in [4.69, 9.17) is 5.73 Å². The lowest BCUT2D eigenvalue weighted by molar-refractivity contribution is -0.143. The summed E-state index contributed by atoms with van der Waals surface area (Å²) in [5.74, 6) is 0.000759. The lowest BCUT2D eigenvalue weighted by atomic mass is 9.90. The lowest BCUT2D eigenvalue weighted by Crippen LogP contribution is -2.54. The number of hydrogen-bond acceptors (Lipinski definition) is 3. The second-order valence-corrected chi connectivity index (χ2v) is 7.42. The van der Waals surface area contributed by atoms with Crippen LogP contribution in [0.2, 0.25) is 0 Å². The van der Waals surface area contributed by atoms with Crippen molar-refractivity contribution in [1.29, 1.82) is 0 Å². The third-order valence-electron chi connectivity index (χ3n) is 3.69. The monoisotopic (exact) mass is 319 g/mol. The van der Waals surface area contributed by atoms with Crippen LogP contribution in [0.3, 0.4) is 0 Å². The zero-order valence-corrected chi connectivity index (χ0v) is 14.7. The van der Waals surface area contributed by atoms with E-state index in [1.807, 2.05) is 39.5 Å². The maximum Gasteiger partial charge on any atom is 0.227 e. The van der Waals surface area contributed by atoms with Gasteiger partial charge in [-0.2, -0.15) is 0 Å². The summed E-state index contributed by atoms with van der Waals surface area (Å²) in [5.41, 5.74) is 4.85. The molecule has 6 heteroatoms. The molecule has 5 nitrogen and oxygen atoms in total. The van der Waals surface area contributed by atoms with E-state index in [1.54, 1.807) is 0 Å². The third kappa shape index (κ3) is 5.83. The summed E-state index contributed by atoms with van der Waals surface area (Å²) in [4.78, 5) is 26.4. The Bertz CT molecular complexity index is 378. The van der Waals surface area contributed by atoms with Crippen LogP contribution in [0.15, 0.2) is 0 Å². The highest BCUT2D eigenvalue weighted by Gasteiger charge is 2.34. The zero-order valence-electron chi connectivity index (χ0n) is 13.9. The Hall–Kier alpha value is -0.810. The first-order valence-corrected chi connectivity index (χ1v) is 7.38. The van der Waals surface area contributed by atoms with Crippen molar-refractivity contribution in [3.63, 3.8) is 0 Å². The predicted octanol–water partition coefficient (Wildman–Crippen LogP) is 1.55. The van der Waals surface area contributed by atoms with Gasteiger partial charge in [-0.3, -0.25) is 9.59 Å². The van der Waals surface area contributed by atoms with Crippen molar-refractivity contribution in [2.45, 2.75) is 53.0 Å². The van der Waals surface area contributed by atoms with Crippen molar-refractivity contribution in [3.05, 3.63) is 0 Å². The van der Waals surface area contributed by atoms with Crippen LogP contribution in [-0.4, -0.2) is 41.9 Å². The number of likely N-dealkylation sites (tertiary alicyclic amines) is 1. The van der Waals surface area contributed by atoms with E-state index in [9.17, 15) is 9.59 Å². The number of carbonyl (C=O) groups excluding carboxylic acids is 2. The van der Waals surface area contributed by atoms with Crippen LogP contribution in [-0.2, 0) is 9.59 Å². The summed E-state index contributed by atoms with van der Waals surface area (Å²) >= 11 is 0. The molecule has 1 saturated heterocycles. The van der Waals surface area contributed by atoms with Crippen LogP contribution >= 0.6 is 12.4 Å². The maximum atomic E-state index is 12.3. The van der Waals surface area contributed by atoms with Crippen molar-refractivity contribution in [1.82, 2.24) is 10.2 Å². The van der Waals surface area contributed by atoms with Crippen LogP contribution in [0.4, 0.5) is 0 Å². The molecule has 0 aromatic rings. The van der Waals surface area contributed by atoms with Gasteiger partial charge in [0.25, 0.3) is 0 Å². The van der Waals surface area contributed by atoms with Gasteiger partial charge in [-0.05, 0) is 26.7 Å². The van der Waals surface area contributed by atoms with E-state index in [1.165, 1.54) is 0 Å². The van der Waals surface area contributed by atoms with Gasteiger partial charge in [0.1, 0.15) is 0 Å². The van der Waals surface area contributed by atoms with Crippen LogP contribution in [0.1, 0.15) is 47.5 Å². The minimum absolute atomic E-state index is 0. The quantitative estimate of drug-likeness (QED) is 0.828. The zero-order chi connectivity index (χ0) is 15.6. The highest BCUT2D eigenvalue weighted by atomic mass is 35.5. The molecule has 21 heavy (non-hydrogen) atoms. The number of carbonyl (C=O) groups is 2. The molecule has 3 N–H and O–H groups in total. The van der Waals surface area contributed by atoms with Gasteiger partial charge in [0, 0.05) is 30.6 Å². The molecule has 0 aromatic heterocycles. The Morgan fingerprint density at radius 1 is 1.24 bits per heavy atom. The fourth-order valence-electron chi connectivity index (χ4n) is 2.34. The summed E-state index contributed by atoms with van der Waals surface area (Å²) in [6, 6.07) is 0. The molecule has 0 radical (unpaired) electrons. The summed E-state index contributed by atoms with van der Waals surface area (Å²) < 4.78 is 0. The number of nitrogens with zero attached hydrogens (tertiary/aromatic N) is 1. The molecule has 0 saturated carbocycles. The Kier molecular flexibility index (Phi) is 7.16. The van der Waals surface area contributed by atoms with Gasteiger partial charge in [-0.15, -0.1) is 12.4 Å². The Balaban J connectivity index is 0.00000400. The summed E-state index contributed by atoms with van der Waals surface area (Å²) in [7, 11) is 0. The van der Waals surface area contributed by atoms with E-state index in [0.29, 0.717) is 13.1 Å². The Morgan fingerprint density at radius 2 is 1.81 bits per heavy atom. The second-order valence-electron chi connectivity index (χ2n) is 7.42. The fourth-order valence-corrected chi connectivity index (χ4v) is 2.34. The topological polar surface area (TPSA) is 75.4 Å². The van der Waals surface area contributed by atoms with Crippen molar-refractivity contribution >= 4 is 24.2 Å². The Labute approximate surface area is 134 Å². The van der Waals surface area contributed by atoms with Crippen molar-refractivity contribution < 1.29 is 9.59 Å². The highest BCUT2D eigenvalue weighted by Crippen LogP contribution is 2.23. The number of piperidine rings is 1. The molecule has 124 valence electrons. The summed E-state index contributed by atoms with van der Waals surface area (Å²) in [6.07, 6.45) is 1.71. The van der Waals surface area contributed by atoms with Crippen molar-refractivity contribution in [2.24, 2.45) is 17.1 Å². The first-order valence-electron chi connectivity index (χ1n) is 7.38. The van der Waals surface area contributed by atoms with E-state index < -0.39 is 11.0 Å². The molecule has 0 spiro atoms. The molecule has 1 rings (SSSR count). The minimum Gasteiger partial charge on any atom is -0.350 e. The number of rotatable bonds is 3. The predicted molar refractivity (Wildman–Crippen MR) is 87.3 cm³/mol. The number of nitrogens with two attached hydrogens (primary N) is 1. The Morgan fingerprint density at radius 3 is 2.29 bits per heavy atom. The fraction of sp³-hybridized carbons (Fsp3) is 0.867. The molecule has 1 heterocycles. The molecular weight excluding hydrogens is 290 g/mol. The van der Waals surface area contributed by atoms with Gasteiger partial charge in [0.15, 0.2) is 0 Å². The first-order chi connectivity index (χ1) is 9.07. The van der Waals surface area contributed by atoms with Crippen LogP contribution in [0, 0.1) is 11.3 Å². The number of hydrogen-bond donors (Lipinski definition) is 2. The average molecular weight is 320 g/mol. The van der Waals surface area contributed by atoms with Crippen LogP contribution in [0.5, 0.6) is 0 Å². The van der Waals surface area contributed by atoms with Crippen LogP contribution in [0.25, 0.3) is 0 Å². The van der Waals surface area contributed by atoms with E-state index in [2.05, 4.69) is 5.32 Å². The number of amides is 2. The second kappa shape index (κ2) is 7.45. The van der Waals surface area contributed by atoms with Gasteiger partial charge < -0.3 is 16.0 Å². The van der Waals surface area contributed by atoms with Crippen molar-refractivity contribution in [3.8, 4) is 0 Å². The summed E-state index contributed by atoms with van der Waals surface area (Å²) in [6.45, 7) is 11.2. The average Bonchev–Trinajstić information content (AvgIpc) is 2.36. The van der Waals surface area contributed by atoms with Crippen LogP contribution < -0.4 is 11.1 Å². The third-order valence-corrected chi connectivity index (χ3v) is 3.69. The van der Waals surface area contributed by atoms with E-state index in [-0.39, 0.29) is 30.1 Å². The highest BCUT2D eigenvalue weighted by molar-refractivity contribution is 5.85. The molecular formula is C15H30ClN3O2. The van der Waals surface area contributed by atoms with E-state index in [0.717, 1.165) is 19.4 Å². The molecule has 0 aromatic carbocycles. The van der Waals surface area contributed by atoms with Gasteiger partial charge in [0.2, 0.25) is 11.8 Å². The molecule has 0 aliphatic carbocycles. The SMILES string of the molecule is CC(C)(CN)NC(=O)C1CCCN(C(=O)C(C)(C)C)C1.Cl.